The van der Waals surface area contributed by atoms with Crippen LogP contribution in [0.25, 0.3) is 0 Å². The van der Waals surface area contributed by atoms with Crippen molar-refractivity contribution in [3.8, 4) is 0 Å². The van der Waals surface area contributed by atoms with Crippen LogP contribution in [0.4, 0.5) is 0 Å². The fourth-order valence-corrected chi connectivity index (χ4v) is 7.51. The Labute approximate surface area is 351 Å². The van der Waals surface area contributed by atoms with E-state index in [1.54, 1.807) is 0 Å². The first kappa shape index (κ1) is 55.5. The summed E-state index contributed by atoms with van der Waals surface area (Å²) in [6, 6.07) is 0. The first-order valence-corrected chi connectivity index (χ1v) is 25.3. The standard InChI is InChI=1S/C47H90NO8P/c1-3-5-7-9-11-13-15-17-19-20-21-22-23-24-26-27-29-31-33-35-37-39-46(49)53-43-45(44-55-57(51,52)54-42-41-48)56-47(50)40-38-36-34-32-30-28-25-18-16-14-12-10-8-6-4-2/h17-19,25,45H,3-16,20-24,26-44,48H2,1-2H3,(H,51,52)/t45-/m1/s1. The van der Waals surface area contributed by atoms with Gasteiger partial charge in [-0.2, -0.15) is 0 Å². The van der Waals surface area contributed by atoms with Crippen LogP contribution in [0.5, 0.6) is 0 Å². The van der Waals surface area contributed by atoms with E-state index in [2.05, 4.69) is 38.2 Å². The van der Waals surface area contributed by atoms with Crippen LogP contribution < -0.4 is 5.73 Å². The third kappa shape index (κ3) is 43.9. The number of phosphoric ester groups is 1. The maximum Gasteiger partial charge on any atom is 0.472 e. The van der Waals surface area contributed by atoms with Crippen LogP contribution in [0.3, 0.4) is 0 Å². The molecule has 1 unspecified atom stereocenters. The average molecular weight is 828 g/mol. The van der Waals surface area contributed by atoms with Crippen molar-refractivity contribution in [3.05, 3.63) is 24.3 Å². The van der Waals surface area contributed by atoms with E-state index >= 15 is 0 Å². The summed E-state index contributed by atoms with van der Waals surface area (Å²) in [5.41, 5.74) is 5.35. The fourth-order valence-electron chi connectivity index (χ4n) is 6.74. The molecule has 0 saturated carbocycles. The van der Waals surface area contributed by atoms with Crippen molar-refractivity contribution in [1.29, 1.82) is 0 Å². The Morgan fingerprint density at radius 3 is 1.25 bits per heavy atom. The monoisotopic (exact) mass is 828 g/mol. The molecule has 2 atom stereocenters. The van der Waals surface area contributed by atoms with Gasteiger partial charge in [-0.15, -0.1) is 0 Å². The third-order valence-corrected chi connectivity index (χ3v) is 11.3. The van der Waals surface area contributed by atoms with E-state index in [0.717, 1.165) is 51.4 Å². The van der Waals surface area contributed by atoms with Crippen LogP contribution >= 0.6 is 7.82 Å². The molecular weight excluding hydrogens is 737 g/mol. The quantitative estimate of drug-likeness (QED) is 0.0266. The van der Waals surface area contributed by atoms with E-state index in [-0.39, 0.29) is 38.6 Å². The van der Waals surface area contributed by atoms with E-state index in [9.17, 15) is 19.0 Å². The van der Waals surface area contributed by atoms with Gasteiger partial charge in [-0.3, -0.25) is 18.6 Å². The van der Waals surface area contributed by atoms with Crippen molar-refractivity contribution >= 4 is 19.8 Å². The second kappa shape index (κ2) is 44.1. The van der Waals surface area contributed by atoms with Gasteiger partial charge in [-0.1, -0.05) is 179 Å². The number of phosphoric acid groups is 1. The van der Waals surface area contributed by atoms with Gasteiger partial charge < -0.3 is 20.1 Å². The SMILES string of the molecule is CCCCCCCCC=CCCCCCCCCCCCCCC(=O)OC[C@H](COP(=O)(O)OCCN)OC(=O)CCCCCCCC=CCCCCCCCC. The van der Waals surface area contributed by atoms with E-state index in [0.29, 0.717) is 6.42 Å². The van der Waals surface area contributed by atoms with E-state index in [1.165, 1.54) is 148 Å². The summed E-state index contributed by atoms with van der Waals surface area (Å²) in [6.45, 7) is 3.74. The lowest BCUT2D eigenvalue weighted by atomic mass is 10.0. The average Bonchev–Trinajstić information content (AvgIpc) is 3.20. The molecule has 0 aliphatic heterocycles. The number of nitrogens with two attached hydrogens (primary N) is 1. The Morgan fingerprint density at radius 1 is 0.509 bits per heavy atom. The van der Waals surface area contributed by atoms with E-state index < -0.39 is 26.5 Å². The van der Waals surface area contributed by atoms with Gasteiger partial charge >= 0.3 is 19.8 Å². The number of hydrogen-bond acceptors (Lipinski definition) is 8. The maximum atomic E-state index is 12.6. The zero-order valence-electron chi connectivity index (χ0n) is 37.1. The maximum absolute atomic E-state index is 12.6. The van der Waals surface area contributed by atoms with Gasteiger partial charge in [-0.05, 0) is 64.2 Å². The van der Waals surface area contributed by atoms with Crippen molar-refractivity contribution in [1.82, 2.24) is 0 Å². The lowest BCUT2D eigenvalue weighted by Crippen LogP contribution is -2.29. The van der Waals surface area contributed by atoms with Crippen molar-refractivity contribution in [2.24, 2.45) is 5.73 Å². The van der Waals surface area contributed by atoms with Crippen molar-refractivity contribution < 1.29 is 37.6 Å². The number of hydrogen-bond donors (Lipinski definition) is 2. The molecule has 57 heavy (non-hydrogen) atoms. The minimum atomic E-state index is -4.38. The highest BCUT2D eigenvalue weighted by Crippen LogP contribution is 2.43. The first-order chi connectivity index (χ1) is 27.8. The topological polar surface area (TPSA) is 134 Å². The number of carbonyl (C=O) groups excluding carboxylic acids is 2. The molecule has 0 aliphatic rings. The molecule has 3 N–H and O–H groups in total. The number of ether oxygens (including phenoxy) is 2. The van der Waals surface area contributed by atoms with Crippen LogP contribution in [0.15, 0.2) is 24.3 Å². The lowest BCUT2D eigenvalue weighted by molar-refractivity contribution is -0.161. The van der Waals surface area contributed by atoms with Crippen LogP contribution in [-0.2, 0) is 32.7 Å². The molecule has 0 fully saturated rings. The van der Waals surface area contributed by atoms with Crippen molar-refractivity contribution in [2.45, 2.75) is 238 Å². The number of esters is 2. The minimum absolute atomic E-state index is 0.0533. The molecule has 10 heteroatoms. The molecule has 9 nitrogen and oxygen atoms in total. The Balaban J connectivity index is 4.06. The largest absolute Gasteiger partial charge is 0.472 e. The number of rotatable bonds is 45. The molecule has 0 amide bonds. The molecule has 0 aromatic carbocycles. The van der Waals surface area contributed by atoms with Crippen LogP contribution in [0, 0.1) is 0 Å². The Kier molecular flexibility index (Phi) is 42.9. The van der Waals surface area contributed by atoms with Gasteiger partial charge in [0.1, 0.15) is 6.61 Å². The summed E-state index contributed by atoms with van der Waals surface area (Å²) in [7, 11) is -4.38. The first-order valence-electron chi connectivity index (χ1n) is 23.8. The van der Waals surface area contributed by atoms with Gasteiger partial charge in [0.25, 0.3) is 0 Å². The zero-order valence-corrected chi connectivity index (χ0v) is 38.0. The molecule has 0 aromatic rings. The van der Waals surface area contributed by atoms with E-state index in [1.807, 2.05) is 0 Å². The fraction of sp³-hybridized carbons (Fsp3) is 0.872. The summed E-state index contributed by atoms with van der Waals surface area (Å²) < 4.78 is 32.8. The van der Waals surface area contributed by atoms with Gasteiger partial charge in [0.15, 0.2) is 6.10 Å². The molecular formula is C47H90NO8P. The molecule has 0 saturated heterocycles. The second-order valence-corrected chi connectivity index (χ2v) is 17.4. The molecule has 0 radical (unpaired) electrons. The highest BCUT2D eigenvalue weighted by atomic mass is 31.2. The van der Waals surface area contributed by atoms with Gasteiger partial charge in [0, 0.05) is 19.4 Å². The van der Waals surface area contributed by atoms with E-state index in [4.69, 9.17) is 24.3 Å². The molecule has 336 valence electrons. The minimum Gasteiger partial charge on any atom is -0.462 e. The molecule has 0 spiro atoms. The van der Waals surface area contributed by atoms with Crippen molar-refractivity contribution in [3.63, 3.8) is 0 Å². The van der Waals surface area contributed by atoms with Crippen molar-refractivity contribution in [2.75, 3.05) is 26.4 Å². The van der Waals surface area contributed by atoms with Gasteiger partial charge in [0.05, 0.1) is 13.2 Å². The molecule has 0 aromatic heterocycles. The summed E-state index contributed by atoms with van der Waals surface area (Å²) in [5, 5.41) is 0. The van der Waals surface area contributed by atoms with Gasteiger partial charge in [0.2, 0.25) is 0 Å². The predicted octanol–water partition coefficient (Wildman–Crippen LogP) is 13.9. The Morgan fingerprint density at radius 2 is 0.860 bits per heavy atom. The smallest absolute Gasteiger partial charge is 0.462 e. The van der Waals surface area contributed by atoms with Crippen LogP contribution in [0.1, 0.15) is 232 Å². The van der Waals surface area contributed by atoms with Crippen LogP contribution in [0.2, 0.25) is 0 Å². The summed E-state index contributed by atoms with van der Waals surface area (Å²) in [5.74, 6) is -0.831. The molecule has 0 rings (SSSR count). The number of unbranched alkanes of at least 4 members (excludes halogenated alkanes) is 28. The van der Waals surface area contributed by atoms with Crippen LogP contribution in [-0.4, -0.2) is 49.3 Å². The number of carbonyl (C=O) groups is 2. The summed E-state index contributed by atoms with van der Waals surface area (Å²) >= 11 is 0. The summed E-state index contributed by atoms with van der Waals surface area (Å²) in [6.07, 6.45) is 47.8. The third-order valence-electron chi connectivity index (χ3n) is 10.3. The Hall–Kier alpha value is -1.51. The highest BCUT2D eigenvalue weighted by Gasteiger charge is 2.26. The predicted molar refractivity (Wildman–Crippen MR) is 238 cm³/mol. The second-order valence-electron chi connectivity index (χ2n) is 16.0. The van der Waals surface area contributed by atoms with Gasteiger partial charge in [-0.25, -0.2) is 4.57 Å². The zero-order chi connectivity index (χ0) is 41.8. The normalized spacial score (nSPS) is 13.4. The molecule has 0 aliphatic carbocycles. The lowest BCUT2D eigenvalue weighted by Gasteiger charge is -2.19. The molecule has 0 heterocycles. The molecule has 0 bridgehead atoms. The number of allylic oxidation sites excluding steroid dienone is 4. The summed E-state index contributed by atoms with van der Waals surface area (Å²) in [4.78, 5) is 34.9. The Bertz CT molecular complexity index is 990. The highest BCUT2D eigenvalue weighted by molar-refractivity contribution is 7.47.